The van der Waals surface area contributed by atoms with Crippen LogP contribution in [0.1, 0.15) is 47.5 Å². The van der Waals surface area contributed by atoms with Gasteiger partial charge >= 0.3 is 6.09 Å². The van der Waals surface area contributed by atoms with Gasteiger partial charge in [-0.3, -0.25) is 10.9 Å². The third-order valence-electron chi connectivity index (χ3n) is 2.96. The number of amides is 1. The molecule has 0 saturated carbocycles. The standard InChI is InChI=1S/C16H31N7O2S2/c1-11(20-22-13(26)17-6)12(2)21-23-14(27)18-9-7-8-10-19-15(24)25-16(3,4)5/h7-10H2,1-6H3,(H,19,24)(H2,17,22,26)(H2,18,23,27)/b20-11+,21-12-. The number of hydrazone groups is 2. The second kappa shape index (κ2) is 13.2. The molecule has 0 radical (unpaired) electrons. The van der Waals surface area contributed by atoms with Crippen molar-refractivity contribution < 1.29 is 9.53 Å². The first-order chi connectivity index (χ1) is 12.5. The predicted octanol–water partition coefficient (Wildman–Crippen LogP) is 1.60. The number of alkyl carbamates (subject to hydrolysis) is 1. The van der Waals surface area contributed by atoms with Crippen molar-refractivity contribution in [3.05, 3.63) is 0 Å². The summed E-state index contributed by atoms with van der Waals surface area (Å²) in [4.78, 5) is 11.5. The highest BCUT2D eigenvalue weighted by atomic mass is 32.1. The van der Waals surface area contributed by atoms with E-state index >= 15 is 0 Å². The van der Waals surface area contributed by atoms with E-state index in [9.17, 15) is 4.79 Å². The minimum atomic E-state index is -0.486. The summed E-state index contributed by atoms with van der Waals surface area (Å²) in [6.07, 6.45) is 1.24. The summed E-state index contributed by atoms with van der Waals surface area (Å²) < 4.78 is 5.16. The normalized spacial score (nSPS) is 12.1. The molecule has 0 fully saturated rings. The van der Waals surface area contributed by atoms with E-state index in [2.05, 4.69) is 37.0 Å². The number of carbonyl (C=O) groups is 1. The third-order valence-corrected chi connectivity index (χ3v) is 3.49. The molecule has 1 amide bonds. The van der Waals surface area contributed by atoms with Crippen LogP contribution < -0.4 is 26.8 Å². The number of thiocarbonyl (C=S) groups is 2. The molecular formula is C16H31N7O2S2. The molecule has 0 aromatic carbocycles. The van der Waals surface area contributed by atoms with E-state index in [1.807, 2.05) is 20.8 Å². The van der Waals surface area contributed by atoms with Crippen molar-refractivity contribution in [1.82, 2.24) is 26.8 Å². The lowest BCUT2D eigenvalue weighted by Gasteiger charge is -2.19. The molecule has 11 heteroatoms. The van der Waals surface area contributed by atoms with Crippen LogP contribution >= 0.6 is 24.4 Å². The van der Waals surface area contributed by atoms with E-state index in [4.69, 9.17) is 29.2 Å². The Hall–Kier alpha value is -2.01. The van der Waals surface area contributed by atoms with Gasteiger partial charge in [0.05, 0.1) is 11.4 Å². The Morgan fingerprint density at radius 2 is 1.41 bits per heavy atom. The van der Waals surface area contributed by atoms with E-state index in [-0.39, 0.29) is 0 Å². The molecular weight excluding hydrogens is 386 g/mol. The summed E-state index contributed by atoms with van der Waals surface area (Å²) in [5.41, 5.74) is 6.31. The Bertz CT molecular complexity index is 572. The number of hydrogen-bond acceptors (Lipinski definition) is 6. The van der Waals surface area contributed by atoms with Gasteiger partial charge in [-0.1, -0.05) is 0 Å². The van der Waals surface area contributed by atoms with E-state index in [0.29, 0.717) is 34.7 Å². The van der Waals surface area contributed by atoms with Crippen molar-refractivity contribution in [1.29, 1.82) is 0 Å². The van der Waals surface area contributed by atoms with Gasteiger partial charge in [0.2, 0.25) is 0 Å². The molecule has 5 N–H and O–H groups in total. The lowest BCUT2D eigenvalue weighted by Crippen LogP contribution is -2.35. The summed E-state index contributed by atoms with van der Waals surface area (Å²) >= 11 is 10.1. The second-order valence-electron chi connectivity index (χ2n) is 6.59. The fraction of sp³-hybridized carbons (Fsp3) is 0.688. The quantitative estimate of drug-likeness (QED) is 0.175. The van der Waals surface area contributed by atoms with Gasteiger partial charge in [-0.2, -0.15) is 10.2 Å². The second-order valence-corrected chi connectivity index (χ2v) is 7.41. The zero-order chi connectivity index (χ0) is 20.9. The minimum Gasteiger partial charge on any atom is -0.444 e. The SMILES string of the molecule is CNC(=S)N/N=C(C)/C(C)=N\NC(=S)NCCCCNC(=O)OC(C)(C)C. The fourth-order valence-corrected chi connectivity index (χ4v) is 1.68. The Morgan fingerprint density at radius 3 is 1.89 bits per heavy atom. The van der Waals surface area contributed by atoms with Gasteiger partial charge in [0, 0.05) is 20.1 Å². The molecule has 9 nitrogen and oxygen atoms in total. The van der Waals surface area contributed by atoms with Crippen LogP contribution in [0.5, 0.6) is 0 Å². The molecule has 0 heterocycles. The maximum atomic E-state index is 11.5. The highest BCUT2D eigenvalue weighted by molar-refractivity contribution is 7.80. The van der Waals surface area contributed by atoms with Gasteiger partial charge in [0.25, 0.3) is 0 Å². The molecule has 0 saturated heterocycles. The topological polar surface area (TPSA) is 111 Å². The number of rotatable bonds is 8. The monoisotopic (exact) mass is 417 g/mol. The lowest BCUT2D eigenvalue weighted by molar-refractivity contribution is 0.0527. The summed E-state index contributed by atoms with van der Waals surface area (Å²) in [7, 11) is 1.71. The smallest absolute Gasteiger partial charge is 0.407 e. The lowest BCUT2D eigenvalue weighted by atomic mass is 10.2. The van der Waals surface area contributed by atoms with Gasteiger partial charge in [-0.05, 0) is 71.9 Å². The van der Waals surface area contributed by atoms with Gasteiger partial charge in [-0.25, -0.2) is 4.79 Å². The van der Waals surface area contributed by atoms with Crippen molar-refractivity contribution >= 4 is 52.2 Å². The van der Waals surface area contributed by atoms with Gasteiger partial charge in [-0.15, -0.1) is 0 Å². The van der Waals surface area contributed by atoms with Gasteiger partial charge < -0.3 is 20.7 Å². The average Bonchev–Trinajstić information content (AvgIpc) is 2.58. The predicted molar refractivity (Wildman–Crippen MR) is 118 cm³/mol. The summed E-state index contributed by atoms with van der Waals surface area (Å²) in [6, 6.07) is 0. The summed E-state index contributed by atoms with van der Waals surface area (Å²) in [5, 5.41) is 17.6. The number of carbonyl (C=O) groups excluding carboxylic acids is 1. The molecule has 0 unspecified atom stereocenters. The van der Waals surface area contributed by atoms with Crippen LogP contribution in [-0.2, 0) is 4.74 Å². The molecule has 0 spiro atoms. The van der Waals surface area contributed by atoms with Crippen LogP contribution in [0.3, 0.4) is 0 Å². The molecule has 0 aromatic heterocycles. The van der Waals surface area contributed by atoms with Crippen LogP contribution in [-0.4, -0.2) is 53.5 Å². The van der Waals surface area contributed by atoms with Crippen LogP contribution in [0.25, 0.3) is 0 Å². The number of nitrogens with zero attached hydrogens (tertiary/aromatic N) is 2. The van der Waals surface area contributed by atoms with Crippen molar-refractivity contribution in [3.63, 3.8) is 0 Å². The van der Waals surface area contributed by atoms with Gasteiger partial charge in [0.15, 0.2) is 10.2 Å². The molecule has 0 aliphatic rings. The third kappa shape index (κ3) is 14.8. The number of hydrogen-bond donors (Lipinski definition) is 5. The molecule has 154 valence electrons. The molecule has 0 aromatic rings. The summed E-state index contributed by atoms with van der Waals surface area (Å²) in [5.74, 6) is 0. The van der Waals surface area contributed by atoms with Crippen LogP contribution in [0, 0.1) is 0 Å². The van der Waals surface area contributed by atoms with Crippen LogP contribution in [0.4, 0.5) is 4.79 Å². The Labute approximate surface area is 172 Å². The summed E-state index contributed by atoms with van der Waals surface area (Å²) in [6.45, 7) is 10.3. The van der Waals surface area contributed by atoms with E-state index in [0.717, 1.165) is 12.8 Å². The van der Waals surface area contributed by atoms with Crippen molar-refractivity contribution in [2.24, 2.45) is 10.2 Å². The minimum absolute atomic E-state index is 0.403. The maximum Gasteiger partial charge on any atom is 0.407 e. The zero-order valence-corrected chi connectivity index (χ0v) is 18.5. The van der Waals surface area contributed by atoms with Crippen molar-refractivity contribution in [3.8, 4) is 0 Å². The molecule has 0 aliphatic heterocycles. The number of ether oxygens (including phenoxy) is 1. The number of unbranched alkanes of at least 4 members (excludes halogenated alkanes) is 1. The molecule has 0 atom stereocenters. The molecule has 0 rings (SSSR count). The van der Waals surface area contributed by atoms with E-state index in [1.54, 1.807) is 20.9 Å². The van der Waals surface area contributed by atoms with E-state index in [1.165, 1.54) is 0 Å². The van der Waals surface area contributed by atoms with Crippen molar-refractivity contribution in [2.45, 2.75) is 53.1 Å². The highest BCUT2D eigenvalue weighted by Crippen LogP contribution is 2.06. The molecule has 27 heavy (non-hydrogen) atoms. The first-order valence-corrected chi connectivity index (χ1v) is 9.44. The van der Waals surface area contributed by atoms with E-state index < -0.39 is 11.7 Å². The first kappa shape index (κ1) is 25.0. The average molecular weight is 418 g/mol. The van der Waals surface area contributed by atoms with Crippen LogP contribution in [0.2, 0.25) is 0 Å². The first-order valence-electron chi connectivity index (χ1n) is 8.62. The Balaban J connectivity index is 3.94. The number of nitrogens with one attached hydrogen (secondary N) is 5. The van der Waals surface area contributed by atoms with Gasteiger partial charge in [0.1, 0.15) is 5.60 Å². The largest absolute Gasteiger partial charge is 0.444 e. The molecule has 0 bridgehead atoms. The molecule has 0 aliphatic carbocycles. The fourth-order valence-electron chi connectivity index (χ4n) is 1.48. The highest BCUT2D eigenvalue weighted by Gasteiger charge is 2.15. The Kier molecular flexibility index (Phi) is 12.2. The zero-order valence-electron chi connectivity index (χ0n) is 16.9. The Morgan fingerprint density at radius 1 is 0.926 bits per heavy atom. The maximum absolute atomic E-state index is 11.5. The van der Waals surface area contributed by atoms with Crippen molar-refractivity contribution in [2.75, 3.05) is 20.1 Å². The van der Waals surface area contributed by atoms with Crippen LogP contribution in [0.15, 0.2) is 10.2 Å².